The van der Waals surface area contributed by atoms with Crippen LogP contribution in [0.1, 0.15) is 0 Å². The molecule has 0 bridgehead atoms. The monoisotopic (exact) mass is 291 g/mol. The van der Waals surface area contributed by atoms with Gasteiger partial charge in [-0.1, -0.05) is 6.07 Å². The van der Waals surface area contributed by atoms with Crippen LogP contribution in [-0.2, 0) is 4.79 Å². The minimum atomic E-state index is -0.282. The number of thioether (sulfide) groups is 1. The average Bonchev–Trinajstić information content (AvgIpc) is 2.47. The van der Waals surface area contributed by atoms with Gasteiger partial charge < -0.3 is 10.1 Å². The molecule has 0 atom stereocenters. The van der Waals surface area contributed by atoms with Crippen molar-refractivity contribution in [3.8, 4) is 5.75 Å². The van der Waals surface area contributed by atoms with Crippen LogP contribution in [0.4, 0.5) is 10.1 Å². The molecule has 0 saturated carbocycles. The molecule has 0 fully saturated rings. The molecule has 0 aliphatic heterocycles. The van der Waals surface area contributed by atoms with Crippen molar-refractivity contribution in [2.45, 2.75) is 4.90 Å². The molecule has 0 radical (unpaired) electrons. The number of nitrogens with one attached hydrogen (secondary N) is 1. The molecule has 20 heavy (non-hydrogen) atoms. The van der Waals surface area contributed by atoms with Gasteiger partial charge in [0, 0.05) is 16.6 Å². The van der Waals surface area contributed by atoms with Crippen molar-refractivity contribution < 1.29 is 13.9 Å². The zero-order chi connectivity index (χ0) is 14.4. The maximum absolute atomic E-state index is 12.7. The highest BCUT2D eigenvalue weighted by molar-refractivity contribution is 8.00. The summed E-state index contributed by atoms with van der Waals surface area (Å²) >= 11 is 1.36. The molecule has 1 amide bonds. The highest BCUT2D eigenvalue weighted by Crippen LogP contribution is 2.20. The van der Waals surface area contributed by atoms with Gasteiger partial charge in [-0.2, -0.15) is 0 Å². The molecule has 2 aromatic carbocycles. The molecule has 0 unspecified atom stereocenters. The smallest absolute Gasteiger partial charge is 0.234 e. The predicted molar refractivity (Wildman–Crippen MR) is 78.7 cm³/mol. The molecule has 0 saturated heterocycles. The fourth-order valence-electron chi connectivity index (χ4n) is 1.58. The van der Waals surface area contributed by atoms with Crippen LogP contribution in [0.15, 0.2) is 53.4 Å². The summed E-state index contributed by atoms with van der Waals surface area (Å²) in [5.74, 6) is 0.555. The van der Waals surface area contributed by atoms with Crippen molar-refractivity contribution in [3.05, 3.63) is 54.3 Å². The standard InChI is InChI=1S/C15H14FNO2S/c1-19-13-4-2-3-12(9-13)17-15(18)10-20-14-7-5-11(16)6-8-14/h2-9H,10H2,1H3,(H,17,18). The Morgan fingerprint density at radius 1 is 1.25 bits per heavy atom. The summed E-state index contributed by atoms with van der Waals surface area (Å²) in [7, 11) is 1.57. The Balaban J connectivity index is 1.87. The van der Waals surface area contributed by atoms with Crippen LogP contribution in [0.25, 0.3) is 0 Å². The topological polar surface area (TPSA) is 38.3 Å². The molecular weight excluding hydrogens is 277 g/mol. The maximum Gasteiger partial charge on any atom is 0.234 e. The second-order valence-electron chi connectivity index (χ2n) is 4.02. The Bertz CT molecular complexity index is 587. The normalized spacial score (nSPS) is 10.1. The first-order valence-corrected chi connectivity index (χ1v) is 6.98. The van der Waals surface area contributed by atoms with Crippen LogP contribution in [0, 0.1) is 5.82 Å². The first-order chi connectivity index (χ1) is 9.67. The summed E-state index contributed by atoms with van der Waals surface area (Å²) < 4.78 is 17.8. The van der Waals surface area contributed by atoms with Crippen molar-refractivity contribution in [2.75, 3.05) is 18.2 Å². The third kappa shape index (κ3) is 4.28. The Hall–Kier alpha value is -2.01. The molecule has 1 N–H and O–H groups in total. The molecule has 0 aliphatic rings. The average molecular weight is 291 g/mol. The highest BCUT2D eigenvalue weighted by atomic mass is 32.2. The van der Waals surface area contributed by atoms with Gasteiger partial charge in [-0.3, -0.25) is 4.79 Å². The summed E-state index contributed by atoms with van der Waals surface area (Å²) in [5.41, 5.74) is 0.689. The second-order valence-corrected chi connectivity index (χ2v) is 5.07. The molecule has 104 valence electrons. The van der Waals surface area contributed by atoms with Gasteiger partial charge in [-0.25, -0.2) is 4.39 Å². The molecule has 3 nitrogen and oxygen atoms in total. The van der Waals surface area contributed by atoms with Crippen LogP contribution in [0.2, 0.25) is 0 Å². The van der Waals surface area contributed by atoms with Crippen molar-refractivity contribution in [1.29, 1.82) is 0 Å². The number of methoxy groups -OCH3 is 1. The number of amides is 1. The van der Waals surface area contributed by atoms with E-state index in [0.717, 1.165) is 4.90 Å². The Labute approximate surface area is 121 Å². The molecule has 0 heterocycles. The molecule has 2 aromatic rings. The molecular formula is C15H14FNO2S. The summed E-state index contributed by atoms with van der Waals surface area (Å²) in [6, 6.07) is 13.2. The summed E-state index contributed by atoms with van der Waals surface area (Å²) in [5, 5.41) is 2.78. The van der Waals surface area contributed by atoms with Crippen LogP contribution in [0.5, 0.6) is 5.75 Å². The van der Waals surface area contributed by atoms with Gasteiger partial charge in [0.1, 0.15) is 11.6 Å². The van der Waals surface area contributed by atoms with Gasteiger partial charge in [-0.05, 0) is 36.4 Å². The van der Waals surface area contributed by atoms with E-state index in [4.69, 9.17) is 4.74 Å². The largest absolute Gasteiger partial charge is 0.497 e. The minimum absolute atomic E-state index is 0.118. The van der Waals surface area contributed by atoms with Crippen LogP contribution < -0.4 is 10.1 Å². The van der Waals surface area contributed by atoms with E-state index in [-0.39, 0.29) is 17.5 Å². The van der Waals surface area contributed by atoms with Gasteiger partial charge in [0.2, 0.25) is 5.91 Å². The van der Waals surface area contributed by atoms with Crippen LogP contribution >= 0.6 is 11.8 Å². The second kappa shape index (κ2) is 6.96. The summed E-state index contributed by atoms with van der Waals surface area (Å²) in [4.78, 5) is 12.7. The fraction of sp³-hybridized carbons (Fsp3) is 0.133. The maximum atomic E-state index is 12.7. The number of hydrogen-bond donors (Lipinski definition) is 1. The summed E-state index contributed by atoms with van der Waals surface area (Å²) in [6.07, 6.45) is 0. The lowest BCUT2D eigenvalue weighted by atomic mass is 10.3. The number of hydrogen-bond acceptors (Lipinski definition) is 3. The van der Waals surface area contributed by atoms with Gasteiger partial charge in [-0.15, -0.1) is 11.8 Å². The van der Waals surface area contributed by atoms with E-state index in [1.807, 2.05) is 12.1 Å². The van der Waals surface area contributed by atoms with Crippen molar-refractivity contribution in [3.63, 3.8) is 0 Å². The van der Waals surface area contributed by atoms with Crippen LogP contribution in [0.3, 0.4) is 0 Å². The van der Waals surface area contributed by atoms with E-state index >= 15 is 0 Å². The Morgan fingerprint density at radius 3 is 2.70 bits per heavy atom. The molecule has 0 aliphatic carbocycles. The Kier molecular flexibility index (Phi) is 5.01. The lowest BCUT2D eigenvalue weighted by Crippen LogP contribution is -2.13. The number of benzene rings is 2. The predicted octanol–water partition coefficient (Wildman–Crippen LogP) is 3.57. The summed E-state index contributed by atoms with van der Waals surface area (Å²) in [6.45, 7) is 0. The van der Waals surface area contributed by atoms with Crippen molar-refractivity contribution in [1.82, 2.24) is 0 Å². The molecule has 0 aromatic heterocycles. The molecule has 2 rings (SSSR count). The quantitative estimate of drug-likeness (QED) is 0.856. The third-order valence-corrected chi connectivity index (χ3v) is 3.55. The number of halogens is 1. The third-order valence-electron chi connectivity index (χ3n) is 2.54. The van der Waals surface area contributed by atoms with Gasteiger partial charge in [0.05, 0.1) is 12.9 Å². The van der Waals surface area contributed by atoms with Gasteiger partial charge in [0.15, 0.2) is 0 Å². The number of rotatable bonds is 5. The SMILES string of the molecule is COc1cccc(NC(=O)CSc2ccc(F)cc2)c1. The number of anilines is 1. The van der Waals surface area contributed by atoms with E-state index in [0.29, 0.717) is 11.4 Å². The highest BCUT2D eigenvalue weighted by Gasteiger charge is 2.04. The van der Waals surface area contributed by atoms with E-state index in [9.17, 15) is 9.18 Å². The number of carbonyl (C=O) groups excluding carboxylic acids is 1. The first kappa shape index (κ1) is 14.4. The molecule has 5 heteroatoms. The zero-order valence-corrected chi connectivity index (χ0v) is 11.7. The van der Waals surface area contributed by atoms with Crippen molar-refractivity contribution in [2.24, 2.45) is 0 Å². The zero-order valence-electron chi connectivity index (χ0n) is 10.9. The van der Waals surface area contributed by atoms with Crippen LogP contribution in [-0.4, -0.2) is 18.8 Å². The van der Waals surface area contributed by atoms with E-state index in [1.54, 1.807) is 31.4 Å². The Morgan fingerprint density at radius 2 is 2.00 bits per heavy atom. The van der Waals surface area contributed by atoms with Crippen molar-refractivity contribution >= 4 is 23.4 Å². The van der Waals surface area contributed by atoms with E-state index in [1.165, 1.54) is 23.9 Å². The minimum Gasteiger partial charge on any atom is -0.497 e. The number of carbonyl (C=O) groups is 1. The first-order valence-electron chi connectivity index (χ1n) is 5.99. The fourth-order valence-corrected chi connectivity index (χ4v) is 2.28. The molecule has 0 spiro atoms. The lowest BCUT2D eigenvalue weighted by Gasteiger charge is -2.07. The van der Waals surface area contributed by atoms with E-state index < -0.39 is 0 Å². The number of ether oxygens (including phenoxy) is 1. The lowest BCUT2D eigenvalue weighted by molar-refractivity contribution is -0.113. The van der Waals surface area contributed by atoms with Gasteiger partial charge >= 0.3 is 0 Å². The van der Waals surface area contributed by atoms with E-state index in [2.05, 4.69) is 5.32 Å². The van der Waals surface area contributed by atoms with Gasteiger partial charge in [0.25, 0.3) is 0 Å².